The quantitative estimate of drug-likeness (QED) is 0.908. The fourth-order valence-electron chi connectivity index (χ4n) is 1.53. The lowest BCUT2D eigenvalue weighted by Gasteiger charge is -2.13. The van der Waals surface area contributed by atoms with Crippen molar-refractivity contribution in [2.24, 2.45) is 0 Å². The van der Waals surface area contributed by atoms with Crippen LogP contribution in [0.2, 0.25) is 5.02 Å². The van der Waals surface area contributed by atoms with E-state index < -0.39 is 0 Å². The molecule has 0 bridgehead atoms. The molecule has 0 amide bonds. The molecule has 0 unspecified atom stereocenters. The molecule has 17 heavy (non-hydrogen) atoms. The average molecular weight is 254 g/mol. The molecule has 0 spiro atoms. The molecule has 1 N–H and O–H groups in total. The van der Waals surface area contributed by atoms with Gasteiger partial charge in [-0.15, -0.1) is 0 Å². The van der Waals surface area contributed by atoms with Gasteiger partial charge in [-0.25, -0.2) is 9.37 Å². The number of benzene rings is 1. The molecule has 2 aromatic rings. The molecule has 0 fully saturated rings. The van der Waals surface area contributed by atoms with Gasteiger partial charge in [-0.3, -0.25) is 4.57 Å². The first-order chi connectivity index (χ1) is 8.08. The summed E-state index contributed by atoms with van der Waals surface area (Å²) >= 11 is 5.87. The van der Waals surface area contributed by atoms with Gasteiger partial charge in [0, 0.05) is 23.5 Å². The summed E-state index contributed by atoms with van der Waals surface area (Å²) in [5, 5.41) is 3.63. The van der Waals surface area contributed by atoms with E-state index in [9.17, 15) is 4.39 Å². The maximum atomic E-state index is 13.7. The van der Waals surface area contributed by atoms with Crippen LogP contribution in [0.4, 0.5) is 10.3 Å². The van der Waals surface area contributed by atoms with E-state index >= 15 is 0 Å². The molecule has 3 nitrogen and oxygen atoms in total. The van der Waals surface area contributed by atoms with Crippen LogP contribution in [-0.4, -0.2) is 15.6 Å². The van der Waals surface area contributed by atoms with Crippen molar-refractivity contribution in [3.8, 4) is 5.69 Å². The number of rotatable bonds is 3. The number of aromatic nitrogens is 2. The van der Waals surface area contributed by atoms with E-state index in [-0.39, 0.29) is 11.9 Å². The zero-order valence-electron chi connectivity index (χ0n) is 9.61. The Morgan fingerprint density at radius 2 is 2.18 bits per heavy atom. The lowest BCUT2D eigenvalue weighted by molar-refractivity contribution is 0.618. The molecule has 0 aliphatic heterocycles. The number of hydrogen-bond donors (Lipinski definition) is 1. The third-order valence-corrected chi connectivity index (χ3v) is 2.46. The van der Waals surface area contributed by atoms with Crippen molar-refractivity contribution >= 4 is 17.5 Å². The lowest BCUT2D eigenvalue weighted by Crippen LogP contribution is -2.14. The molecular formula is C12H13ClFN3. The maximum Gasteiger partial charge on any atom is 0.207 e. The van der Waals surface area contributed by atoms with Crippen LogP contribution in [0.15, 0.2) is 30.6 Å². The van der Waals surface area contributed by atoms with Crippen molar-refractivity contribution in [2.75, 3.05) is 5.32 Å². The summed E-state index contributed by atoms with van der Waals surface area (Å²) in [4.78, 5) is 4.15. The van der Waals surface area contributed by atoms with Crippen LogP contribution < -0.4 is 5.32 Å². The molecule has 0 atom stereocenters. The molecular weight excluding hydrogens is 241 g/mol. The van der Waals surface area contributed by atoms with E-state index in [1.54, 1.807) is 23.0 Å². The minimum Gasteiger partial charge on any atom is -0.353 e. The van der Waals surface area contributed by atoms with Crippen LogP contribution in [-0.2, 0) is 0 Å². The number of nitrogens with zero attached hydrogens (tertiary/aromatic N) is 2. The number of hydrogen-bond acceptors (Lipinski definition) is 2. The first kappa shape index (κ1) is 11.9. The average Bonchev–Trinajstić information content (AvgIpc) is 2.69. The third kappa shape index (κ3) is 2.58. The number of nitrogens with one attached hydrogen (secondary N) is 1. The minimum absolute atomic E-state index is 0.221. The highest BCUT2D eigenvalue weighted by Gasteiger charge is 2.10. The molecule has 0 aliphatic carbocycles. The normalized spacial score (nSPS) is 10.9. The van der Waals surface area contributed by atoms with Crippen LogP contribution in [0.25, 0.3) is 5.69 Å². The smallest absolute Gasteiger partial charge is 0.207 e. The summed E-state index contributed by atoms with van der Waals surface area (Å²) in [5.74, 6) is 0.264. The Morgan fingerprint density at radius 1 is 1.41 bits per heavy atom. The largest absolute Gasteiger partial charge is 0.353 e. The molecule has 0 radical (unpaired) electrons. The highest BCUT2D eigenvalue weighted by atomic mass is 35.5. The fraction of sp³-hybridized carbons (Fsp3) is 0.250. The van der Waals surface area contributed by atoms with Crippen molar-refractivity contribution in [3.63, 3.8) is 0 Å². The van der Waals surface area contributed by atoms with Gasteiger partial charge < -0.3 is 5.32 Å². The first-order valence-corrected chi connectivity index (χ1v) is 5.71. The topological polar surface area (TPSA) is 29.9 Å². The van der Waals surface area contributed by atoms with E-state index in [1.807, 2.05) is 13.8 Å². The SMILES string of the molecule is CC(C)Nc1nccn1-c1cc(Cl)ccc1F. The van der Waals surface area contributed by atoms with E-state index in [1.165, 1.54) is 12.1 Å². The molecule has 0 saturated carbocycles. The van der Waals surface area contributed by atoms with Crippen LogP contribution in [0.3, 0.4) is 0 Å². The zero-order valence-corrected chi connectivity index (χ0v) is 10.4. The second-order valence-corrected chi connectivity index (χ2v) is 4.45. The van der Waals surface area contributed by atoms with Gasteiger partial charge in [-0.2, -0.15) is 0 Å². The molecule has 1 aromatic carbocycles. The second kappa shape index (κ2) is 4.75. The summed E-state index contributed by atoms with van der Waals surface area (Å²) in [6.07, 6.45) is 3.31. The van der Waals surface area contributed by atoms with E-state index in [4.69, 9.17) is 11.6 Å². The zero-order chi connectivity index (χ0) is 12.4. The van der Waals surface area contributed by atoms with Gasteiger partial charge in [0.15, 0.2) is 0 Å². The number of anilines is 1. The van der Waals surface area contributed by atoms with Gasteiger partial charge in [0.25, 0.3) is 0 Å². The Labute approximate surface area is 104 Å². The molecule has 90 valence electrons. The van der Waals surface area contributed by atoms with Crippen LogP contribution in [0.1, 0.15) is 13.8 Å². The Balaban J connectivity index is 2.45. The van der Waals surface area contributed by atoms with Crippen molar-refractivity contribution in [1.82, 2.24) is 9.55 Å². The van der Waals surface area contributed by atoms with E-state index in [0.29, 0.717) is 16.7 Å². The lowest BCUT2D eigenvalue weighted by atomic mass is 10.3. The molecule has 1 aromatic heterocycles. The predicted octanol–water partition coefficient (Wildman–Crippen LogP) is 3.49. The van der Waals surface area contributed by atoms with Gasteiger partial charge in [-0.1, -0.05) is 11.6 Å². The highest BCUT2D eigenvalue weighted by molar-refractivity contribution is 6.30. The van der Waals surface area contributed by atoms with Gasteiger partial charge in [0.05, 0.1) is 5.69 Å². The molecule has 2 rings (SSSR count). The monoisotopic (exact) mass is 253 g/mol. The van der Waals surface area contributed by atoms with Gasteiger partial charge in [-0.05, 0) is 32.0 Å². The Bertz CT molecular complexity index is 522. The Hall–Kier alpha value is -1.55. The Kier molecular flexibility index (Phi) is 3.33. The summed E-state index contributed by atoms with van der Waals surface area (Å²) in [7, 11) is 0. The second-order valence-electron chi connectivity index (χ2n) is 4.02. The van der Waals surface area contributed by atoms with Crippen LogP contribution in [0, 0.1) is 5.82 Å². The summed E-state index contributed by atoms with van der Waals surface area (Å²) in [6, 6.07) is 4.66. The molecule has 5 heteroatoms. The standard InChI is InChI=1S/C12H13ClFN3/c1-8(2)16-12-15-5-6-17(12)11-7-9(13)3-4-10(11)14/h3-8H,1-2H3,(H,15,16). The molecule has 0 saturated heterocycles. The van der Waals surface area contributed by atoms with Crippen molar-refractivity contribution in [3.05, 3.63) is 41.4 Å². The summed E-state index contributed by atoms with van der Waals surface area (Å²) < 4.78 is 15.4. The molecule has 1 heterocycles. The minimum atomic E-state index is -0.334. The predicted molar refractivity (Wildman–Crippen MR) is 67.3 cm³/mol. The Morgan fingerprint density at radius 3 is 2.88 bits per heavy atom. The van der Waals surface area contributed by atoms with Gasteiger partial charge in [0.1, 0.15) is 5.82 Å². The van der Waals surface area contributed by atoms with Gasteiger partial charge in [0.2, 0.25) is 5.95 Å². The number of halogens is 2. The number of imidazole rings is 1. The first-order valence-electron chi connectivity index (χ1n) is 5.33. The molecule has 0 aliphatic rings. The van der Waals surface area contributed by atoms with Crippen molar-refractivity contribution in [1.29, 1.82) is 0 Å². The van der Waals surface area contributed by atoms with Crippen LogP contribution in [0.5, 0.6) is 0 Å². The maximum absolute atomic E-state index is 13.7. The van der Waals surface area contributed by atoms with E-state index in [0.717, 1.165) is 0 Å². The highest BCUT2D eigenvalue weighted by Crippen LogP contribution is 2.22. The fourth-order valence-corrected chi connectivity index (χ4v) is 1.70. The van der Waals surface area contributed by atoms with E-state index in [2.05, 4.69) is 10.3 Å². The van der Waals surface area contributed by atoms with Crippen LogP contribution >= 0.6 is 11.6 Å². The van der Waals surface area contributed by atoms with Gasteiger partial charge >= 0.3 is 0 Å². The third-order valence-electron chi connectivity index (χ3n) is 2.23. The summed E-state index contributed by atoms with van der Waals surface area (Å²) in [6.45, 7) is 3.99. The van der Waals surface area contributed by atoms with Crippen molar-refractivity contribution < 1.29 is 4.39 Å². The van der Waals surface area contributed by atoms with Crippen molar-refractivity contribution in [2.45, 2.75) is 19.9 Å². The summed E-state index contributed by atoms with van der Waals surface area (Å²) in [5.41, 5.74) is 0.387.